The average molecular weight is 218 g/mol. The van der Waals surface area contributed by atoms with Crippen molar-refractivity contribution in [2.45, 2.75) is 6.54 Å². The van der Waals surface area contributed by atoms with Crippen LogP contribution in [0.3, 0.4) is 0 Å². The van der Waals surface area contributed by atoms with Crippen molar-refractivity contribution in [3.05, 3.63) is 47.9 Å². The highest BCUT2D eigenvalue weighted by Crippen LogP contribution is 2.10. The quantitative estimate of drug-likeness (QED) is 0.814. The number of phenols is 1. The molecule has 2 aromatic rings. The molecule has 1 amide bonds. The number of carbonyl (C=O) groups is 1. The van der Waals surface area contributed by atoms with Crippen molar-refractivity contribution in [2.24, 2.45) is 0 Å². The van der Waals surface area contributed by atoms with Crippen LogP contribution in [-0.4, -0.2) is 16.2 Å². The molecule has 0 saturated carbocycles. The number of rotatable bonds is 3. The van der Waals surface area contributed by atoms with E-state index in [2.05, 4.69) is 15.0 Å². The van der Waals surface area contributed by atoms with Gasteiger partial charge in [-0.25, -0.2) is 0 Å². The number of benzene rings is 1. The summed E-state index contributed by atoms with van der Waals surface area (Å²) in [7, 11) is 0. The van der Waals surface area contributed by atoms with Crippen molar-refractivity contribution >= 4 is 5.91 Å². The first-order chi connectivity index (χ1) is 7.75. The second-order valence-corrected chi connectivity index (χ2v) is 3.22. The number of hydrogen-bond donors (Lipinski definition) is 2. The number of nitrogens with zero attached hydrogens (tertiary/aromatic N) is 1. The van der Waals surface area contributed by atoms with E-state index in [-0.39, 0.29) is 11.7 Å². The van der Waals surface area contributed by atoms with Crippen molar-refractivity contribution in [1.82, 2.24) is 10.5 Å². The summed E-state index contributed by atoms with van der Waals surface area (Å²) in [5.74, 6) is -0.201. The maximum atomic E-state index is 11.6. The van der Waals surface area contributed by atoms with E-state index in [4.69, 9.17) is 0 Å². The minimum absolute atomic E-state index is 0.0640. The van der Waals surface area contributed by atoms with Gasteiger partial charge in [-0.1, -0.05) is 11.2 Å². The van der Waals surface area contributed by atoms with Crippen LogP contribution in [0.5, 0.6) is 5.75 Å². The fourth-order valence-electron chi connectivity index (χ4n) is 1.25. The zero-order chi connectivity index (χ0) is 11.4. The highest BCUT2D eigenvalue weighted by Gasteiger charge is 2.06. The number of hydrogen-bond acceptors (Lipinski definition) is 4. The predicted octanol–water partition coefficient (Wildman–Crippen LogP) is 1.31. The third-order valence-electron chi connectivity index (χ3n) is 2.03. The third-order valence-corrected chi connectivity index (χ3v) is 2.03. The van der Waals surface area contributed by atoms with Crippen LogP contribution in [0, 0.1) is 0 Å². The second-order valence-electron chi connectivity index (χ2n) is 3.22. The zero-order valence-electron chi connectivity index (χ0n) is 8.38. The van der Waals surface area contributed by atoms with Gasteiger partial charge >= 0.3 is 0 Å². The van der Waals surface area contributed by atoms with Gasteiger partial charge in [-0.15, -0.1) is 0 Å². The van der Waals surface area contributed by atoms with Gasteiger partial charge in [-0.05, 0) is 18.2 Å². The van der Waals surface area contributed by atoms with Gasteiger partial charge in [-0.2, -0.15) is 0 Å². The largest absolute Gasteiger partial charge is 0.508 e. The molecular weight excluding hydrogens is 208 g/mol. The average Bonchev–Trinajstić information content (AvgIpc) is 2.78. The number of phenolic OH excluding ortho intramolecular Hbond substituents is 1. The highest BCUT2D eigenvalue weighted by molar-refractivity contribution is 5.94. The number of nitrogens with one attached hydrogen (secondary N) is 1. The normalized spacial score (nSPS) is 10.0. The van der Waals surface area contributed by atoms with Crippen LogP contribution in [-0.2, 0) is 6.54 Å². The summed E-state index contributed by atoms with van der Waals surface area (Å²) in [6.07, 6.45) is 1.44. The Kier molecular flexibility index (Phi) is 2.86. The Bertz CT molecular complexity index is 480. The lowest BCUT2D eigenvalue weighted by atomic mass is 10.2. The van der Waals surface area contributed by atoms with Crippen LogP contribution in [0.1, 0.15) is 16.1 Å². The van der Waals surface area contributed by atoms with Crippen molar-refractivity contribution in [3.8, 4) is 5.75 Å². The summed E-state index contributed by atoms with van der Waals surface area (Å²) in [4.78, 5) is 11.6. The number of aromatic nitrogens is 1. The predicted molar refractivity (Wildman–Crippen MR) is 55.8 cm³/mol. The lowest BCUT2D eigenvalue weighted by molar-refractivity contribution is 0.0949. The van der Waals surface area contributed by atoms with Gasteiger partial charge in [0.2, 0.25) is 0 Å². The van der Waals surface area contributed by atoms with E-state index in [1.807, 2.05) is 0 Å². The molecule has 0 radical (unpaired) electrons. The Balaban J connectivity index is 1.98. The standard InChI is InChI=1S/C11H10N2O3/c14-10-3-1-2-8(6-10)11(15)12-7-9-4-5-16-13-9/h1-6,14H,7H2,(H,12,15). The fourth-order valence-corrected chi connectivity index (χ4v) is 1.25. The summed E-state index contributed by atoms with van der Waals surface area (Å²) in [6, 6.07) is 7.81. The molecule has 1 heterocycles. The molecule has 1 aromatic carbocycles. The first-order valence-electron chi connectivity index (χ1n) is 4.72. The molecule has 1 aromatic heterocycles. The van der Waals surface area contributed by atoms with E-state index in [1.165, 1.54) is 18.4 Å². The monoisotopic (exact) mass is 218 g/mol. The Morgan fingerprint density at radius 2 is 2.31 bits per heavy atom. The van der Waals surface area contributed by atoms with Crippen molar-refractivity contribution in [3.63, 3.8) is 0 Å². The molecule has 0 spiro atoms. The van der Waals surface area contributed by atoms with Gasteiger partial charge in [0.1, 0.15) is 17.7 Å². The number of amides is 1. The molecule has 0 unspecified atom stereocenters. The maximum Gasteiger partial charge on any atom is 0.251 e. The molecule has 5 heteroatoms. The molecule has 16 heavy (non-hydrogen) atoms. The van der Waals surface area contributed by atoms with E-state index in [0.29, 0.717) is 17.8 Å². The third kappa shape index (κ3) is 2.38. The maximum absolute atomic E-state index is 11.6. The zero-order valence-corrected chi connectivity index (χ0v) is 8.38. The van der Waals surface area contributed by atoms with Crippen molar-refractivity contribution < 1.29 is 14.4 Å². The van der Waals surface area contributed by atoms with Crippen LogP contribution in [0.25, 0.3) is 0 Å². The fraction of sp³-hybridized carbons (Fsp3) is 0.0909. The van der Waals surface area contributed by atoms with Gasteiger partial charge in [0.25, 0.3) is 5.91 Å². The number of carbonyl (C=O) groups excluding carboxylic acids is 1. The molecule has 0 aliphatic rings. The van der Waals surface area contributed by atoms with E-state index in [0.717, 1.165) is 0 Å². The van der Waals surface area contributed by atoms with E-state index in [1.54, 1.807) is 18.2 Å². The SMILES string of the molecule is O=C(NCc1ccon1)c1cccc(O)c1. The molecule has 5 nitrogen and oxygen atoms in total. The first kappa shape index (κ1) is 10.2. The van der Waals surface area contributed by atoms with Gasteiger partial charge in [0, 0.05) is 11.6 Å². The minimum atomic E-state index is -0.265. The van der Waals surface area contributed by atoms with Crippen LogP contribution in [0.4, 0.5) is 0 Å². The summed E-state index contributed by atoms with van der Waals surface area (Å²) in [6.45, 7) is 0.297. The molecule has 0 bridgehead atoms. The van der Waals surface area contributed by atoms with Crippen LogP contribution >= 0.6 is 0 Å². The molecule has 0 saturated heterocycles. The van der Waals surface area contributed by atoms with Crippen molar-refractivity contribution in [2.75, 3.05) is 0 Å². The summed E-state index contributed by atoms with van der Waals surface area (Å²) >= 11 is 0. The Labute approximate surface area is 91.7 Å². The molecule has 2 rings (SSSR count). The molecule has 2 N–H and O–H groups in total. The van der Waals surface area contributed by atoms with Gasteiger partial charge in [0.05, 0.1) is 6.54 Å². The lowest BCUT2D eigenvalue weighted by Crippen LogP contribution is -2.22. The van der Waals surface area contributed by atoms with Crippen LogP contribution in [0.15, 0.2) is 41.1 Å². The molecule has 0 atom stereocenters. The highest BCUT2D eigenvalue weighted by atomic mass is 16.5. The van der Waals surface area contributed by atoms with Crippen LogP contribution < -0.4 is 5.32 Å². The summed E-state index contributed by atoms with van der Waals surface area (Å²) in [5.41, 5.74) is 1.05. The minimum Gasteiger partial charge on any atom is -0.508 e. The lowest BCUT2D eigenvalue weighted by Gasteiger charge is -2.02. The molecule has 0 fully saturated rings. The van der Waals surface area contributed by atoms with E-state index < -0.39 is 0 Å². The second kappa shape index (κ2) is 4.48. The van der Waals surface area contributed by atoms with E-state index in [9.17, 15) is 9.90 Å². The smallest absolute Gasteiger partial charge is 0.251 e. The Morgan fingerprint density at radius 3 is 3.00 bits per heavy atom. The van der Waals surface area contributed by atoms with Crippen LogP contribution in [0.2, 0.25) is 0 Å². The number of aromatic hydroxyl groups is 1. The van der Waals surface area contributed by atoms with Gasteiger partial charge < -0.3 is 14.9 Å². The van der Waals surface area contributed by atoms with Gasteiger partial charge in [-0.3, -0.25) is 4.79 Å². The molecule has 82 valence electrons. The molecule has 0 aliphatic heterocycles. The molecular formula is C11H10N2O3. The summed E-state index contributed by atoms with van der Waals surface area (Å²) in [5, 5.41) is 15.5. The van der Waals surface area contributed by atoms with E-state index >= 15 is 0 Å². The Hall–Kier alpha value is -2.30. The Morgan fingerprint density at radius 1 is 1.44 bits per heavy atom. The summed E-state index contributed by atoms with van der Waals surface area (Å²) < 4.78 is 4.63. The first-order valence-corrected chi connectivity index (χ1v) is 4.72. The van der Waals surface area contributed by atoms with Crippen molar-refractivity contribution in [1.29, 1.82) is 0 Å². The molecule has 0 aliphatic carbocycles. The van der Waals surface area contributed by atoms with Gasteiger partial charge in [0.15, 0.2) is 0 Å². The topological polar surface area (TPSA) is 75.4 Å².